The minimum atomic E-state index is -0.323. The molecule has 5 heteroatoms. The van der Waals surface area contributed by atoms with Crippen molar-refractivity contribution in [2.24, 2.45) is 0 Å². The molecule has 0 saturated heterocycles. The molecule has 0 spiro atoms. The number of rotatable bonds is 2. The first-order valence-electron chi connectivity index (χ1n) is 4.07. The molecule has 2 rings (SSSR count). The van der Waals surface area contributed by atoms with Crippen molar-refractivity contribution in [1.82, 2.24) is 4.98 Å². The van der Waals surface area contributed by atoms with E-state index in [0.717, 1.165) is 10.8 Å². The van der Waals surface area contributed by atoms with E-state index in [9.17, 15) is 9.18 Å². The van der Waals surface area contributed by atoms with Crippen molar-refractivity contribution >= 4 is 33.6 Å². The molecule has 1 aromatic carbocycles. The molecule has 0 fully saturated rings. The first-order chi connectivity index (χ1) is 7.20. The Labute approximate surface area is 97.9 Å². The van der Waals surface area contributed by atoms with E-state index in [1.165, 1.54) is 29.7 Å². The zero-order valence-corrected chi connectivity index (χ0v) is 9.81. The minimum Gasteiger partial charge on any atom is -0.297 e. The van der Waals surface area contributed by atoms with Gasteiger partial charge in [-0.1, -0.05) is 15.9 Å². The van der Waals surface area contributed by atoms with Crippen LogP contribution in [-0.2, 0) is 0 Å². The van der Waals surface area contributed by atoms with Crippen molar-refractivity contribution in [3.05, 3.63) is 39.6 Å². The van der Waals surface area contributed by atoms with E-state index >= 15 is 0 Å². The molecule has 76 valence electrons. The molecule has 2 nitrogen and oxygen atoms in total. The van der Waals surface area contributed by atoms with Gasteiger partial charge in [0.25, 0.3) is 0 Å². The van der Waals surface area contributed by atoms with Crippen molar-refractivity contribution in [1.29, 1.82) is 0 Å². The number of benzene rings is 1. The summed E-state index contributed by atoms with van der Waals surface area (Å²) in [7, 11) is 0. The zero-order valence-electron chi connectivity index (χ0n) is 7.41. The average Bonchev–Trinajstić information content (AvgIpc) is 2.70. The van der Waals surface area contributed by atoms with E-state index in [1.54, 1.807) is 6.07 Å². The summed E-state index contributed by atoms with van der Waals surface area (Å²) in [6.07, 6.45) is 2.21. The highest BCUT2D eigenvalue weighted by molar-refractivity contribution is 9.10. The smallest absolute Gasteiger partial charge is 0.161 e. The fourth-order valence-electron chi connectivity index (χ4n) is 1.13. The summed E-state index contributed by atoms with van der Waals surface area (Å²) in [5.74, 6) is -0.323. The lowest BCUT2D eigenvalue weighted by atomic mass is 10.2. The Bertz CT molecular complexity index is 512. The van der Waals surface area contributed by atoms with Crippen LogP contribution >= 0.6 is 27.3 Å². The first-order valence-corrected chi connectivity index (χ1v) is 5.68. The van der Waals surface area contributed by atoms with Crippen LogP contribution in [0.4, 0.5) is 4.39 Å². The summed E-state index contributed by atoms with van der Waals surface area (Å²) >= 11 is 4.54. The number of halogens is 2. The van der Waals surface area contributed by atoms with Gasteiger partial charge in [-0.25, -0.2) is 9.37 Å². The molecule has 1 aromatic heterocycles. The van der Waals surface area contributed by atoms with Crippen molar-refractivity contribution in [2.75, 3.05) is 0 Å². The third-order valence-corrected chi connectivity index (χ3v) is 3.45. The van der Waals surface area contributed by atoms with E-state index in [4.69, 9.17) is 0 Å². The fourth-order valence-corrected chi connectivity index (χ4v) is 2.45. The maximum atomic E-state index is 13.0. The molecule has 0 N–H and O–H groups in total. The Morgan fingerprint density at radius 3 is 2.93 bits per heavy atom. The molecule has 0 radical (unpaired) electrons. The lowest BCUT2D eigenvalue weighted by molar-refractivity contribution is 0.112. The average molecular weight is 286 g/mol. The van der Waals surface area contributed by atoms with Crippen molar-refractivity contribution in [2.45, 2.75) is 0 Å². The molecule has 1 heterocycles. The molecule has 2 aromatic rings. The summed E-state index contributed by atoms with van der Waals surface area (Å²) in [5, 5.41) is 0.628. The molecule has 0 aliphatic rings. The quantitative estimate of drug-likeness (QED) is 0.790. The monoisotopic (exact) mass is 285 g/mol. The van der Waals surface area contributed by atoms with Gasteiger partial charge in [-0.2, -0.15) is 0 Å². The molecular weight excluding hydrogens is 281 g/mol. The second kappa shape index (κ2) is 4.20. The van der Waals surface area contributed by atoms with Crippen molar-refractivity contribution in [3.8, 4) is 10.6 Å². The van der Waals surface area contributed by atoms with Gasteiger partial charge in [0.1, 0.15) is 10.8 Å². The second-order valence-corrected chi connectivity index (χ2v) is 4.73. The van der Waals surface area contributed by atoms with E-state index in [-0.39, 0.29) is 5.82 Å². The third-order valence-electron chi connectivity index (χ3n) is 1.80. The summed E-state index contributed by atoms with van der Waals surface area (Å²) < 4.78 is 13.8. The fraction of sp³-hybridized carbons (Fsp3) is 0. The molecule has 15 heavy (non-hydrogen) atoms. The van der Waals surface area contributed by atoms with Crippen LogP contribution in [0.15, 0.2) is 28.9 Å². The number of aromatic nitrogens is 1. The Morgan fingerprint density at radius 1 is 1.47 bits per heavy atom. The summed E-state index contributed by atoms with van der Waals surface area (Å²) in [6.45, 7) is 0. The number of thiazole rings is 1. The first kappa shape index (κ1) is 10.4. The van der Waals surface area contributed by atoms with Crippen LogP contribution in [-0.4, -0.2) is 11.3 Å². The zero-order chi connectivity index (χ0) is 10.8. The predicted octanol–water partition coefficient (Wildman–Crippen LogP) is 3.52. The maximum Gasteiger partial charge on any atom is 0.161 e. The highest BCUT2D eigenvalue weighted by atomic mass is 79.9. The van der Waals surface area contributed by atoms with Gasteiger partial charge in [-0.3, -0.25) is 4.79 Å². The van der Waals surface area contributed by atoms with Crippen LogP contribution in [0.2, 0.25) is 0 Å². The van der Waals surface area contributed by atoms with E-state index in [1.807, 2.05) is 0 Å². The van der Waals surface area contributed by atoms with Crippen molar-refractivity contribution in [3.63, 3.8) is 0 Å². The van der Waals surface area contributed by atoms with Crippen LogP contribution in [0.3, 0.4) is 0 Å². The van der Waals surface area contributed by atoms with Gasteiger partial charge in [-0.05, 0) is 18.2 Å². The second-order valence-electron chi connectivity index (χ2n) is 2.81. The predicted molar refractivity (Wildman–Crippen MR) is 60.6 cm³/mol. The molecule has 0 amide bonds. The number of carbonyl (C=O) groups is 1. The summed E-state index contributed by atoms with van der Waals surface area (Å²) in [4.78, 5) is 15.1. The number of nitrogens with zero attached hydrogens (tertiary/aromatic N) is 1. The number of hydrogen-bond donors (Lipinski definition) is 0. The van der Waals surface area contributed by atoms with Gasteiger partial charge in [-0.15, -0.1) is 11.3 Å². The number of aldehydes is 1. The number of hydrogen-bond acceptors (Lipinski definition) is 3. The maximum absolute atomic E-state index is 13.0. The lowest BCUT2D eigenvalue weighted by Gasteiger charge is -1.99. The lowest BCUT2D eigenvalue weighted by Crippen LogP contribution is -1.80. The molecule has 0 bridgehead atoms. The molecule has 0 aliphatic carbocycles. The highest BCUT2D eigenvalue weighted by Crippen LogP contribution is 2.31. The molecule has 0 atom stereocenters. The van der Waals surface area contributed by atoms with Gasteiger partial charge in [0.2, 0.25) is 0 Å². The SMILES string of the molecule is O=Cc1cnc(-c2cc(F)ccc2Br)s1. The normalized spacial score (nSPS) is 10.3. The summed E-state index contributed by atoms with van der Waals surface area (Å²) in [5.41, 5.74) is 0.660. The number of carbonyl (C=O) groups excluding carboxylic acids is 1. The van der Waals surface area contributed by atoms with E-state index in [0.29, 0.717) is 15.4 Å². The minimum absolute atomic E-state index is 0.323. The van der Waals surface area contributed by atoms with Crippen LogP contribution in [0.1, 0.15) is 9.67 Å². The molecular formula is C10H5BrFNOS. The van der Waals surface area contributed by atoms with Gasteiger partial charge in [0.05, 0.1) is 4.88 Å². The molecule has 0 unspecified atom stereocenters. The summed E-state index contributed by atoms with van der Waals surface area (Å²) in [6, 6.07) is 4.37. The van der Waals surface area contributed by atoms with E-state index in [2.05, 4.69) is 20.9 Å². The van der Waals surface area contributed by atoms with Crippen LogP contribution in [0.5, 0.6) is 0 Å². The standard InChI is InChI=1S/C10H5BrFNOS/c11-9-2-1-6(12)3-8(9)10-13-4-7(5-14)15-10/h1-5H. The molecule has 0 aliphatic heterocycles. The van der Waals surface area contributed by atoms with Crippen LogP contribution < -0.4 is 0 Å². The van der Waals surface area contributed by atoms with Crippen molar-refractivity contribution < 1.29 is 9.18 Å². The van der Waals surface area contributed by atoms with E-state index < -0.39 is 0 Å². The van der Waals surface area contributed by atoms with Gasteiger partial charge < -0.3 is 0 Å². The van der Waals surface area contributed by atoms with Gasteiger partial charge in [0.15, 0.2) is 6.29 Å². The van der Waals surface area contributed by atoms with Gasteiger partial charge >= 0.3 is 0 Å². The topological polar surface area (TPSA) is 30.0 Å². The van der Waals surface area contributed by atoms with Crippen LogP contribution in [0.25, 0.3) is 10.6 Å². The Balaban J connectivity index is 2.52. The Kier molecular flexibility index (Phi) is 2.93. The van der Waals surface area contributed by atoms with Gasteiger partial charge in [0, 0.05) is 16.2 Å². The third kappa shape index (κ3) is 2.13. The largest absolute Gasteiger partial charge is 0.297 e. The Hall–Kier alpha value is -1.07. The highest BCUT2D eigenvalue weighted by Gasteiger charge is 2.08. The van der Waals surface area contributed by atoms with Crippen LogP contribution in [0, 0.1) is 5.82 Å². The Morgan fingerprint density at radius 2 is 2.27 bits per heavy atom. The molecule has 0 saturated carbocycles.